The molecule has 3 amide bonds. The number of hydrogen-bond donors (Lipinski definition) is 3. The maximum atomic E-state index is 12.8. The van der Waals surface area contributed by atoms with Gasteiger partial charge in [0.1, 0.15) is 0 Å². The molecule has 0 unspecified atom stereocenters. The highest BCUT2D eigenvalue weighted by molar-refractivity contribution is 6.42. The fraction of sp³-hybridized carbons (Fsp3) is 0.364. The van der Waals surface area contributed by atoms with Crippen LogP contribution < -0.4 is 10.6 Å². The number of nitrogens with one attached hydrogen (secondary N) is 2. The number of aliphatic hydroxyl groups is 1. The van der Waals surface area contributed by atoms with Crippen LogP contribution >= 0.6 is 23.2 Å². The molecule has 0 bridgehead atoms. The van der Waals surface area contributed by atoms with Crippen molar-refractivity contribution >= 4 is 46.5 Å². The van der Waals surface area contributed by atoms with E-state index >= 15 is 0 Å². The Labute approximate surface area is 186 Å². The van der Waals surface area contributed by atoms with Crippen molar-refractivity contribution in [1.29, 1.82) is 0 Å². The van der Waals surface area contributed by atoms with E-state index in [0.29, 0.717) is 27.0 Å². The number of aliphatic hydroxyl groups excluding tert-OH is 1. The van der Waals surface area contributed by atoms with E-state index in [9.17, 15) is 14.7 Å². The molecule has 1 fully saturated rings. The zero-order valence-electron chi connectivity index (χ0n) is 16.9. The van der Waals surface area contributed by atoms with Crippen LogP contribution in [0.2, 0.25) is 10.0 Å². The minimum Gasteiger partial charge on any atom is -0.387 e. The van der Waals surface area contributed by atoms with Crippen LogP contribution in [0.1, 0.15) is 38.4 Å². The number of carbonyl (C=O) groups excluding carboxylic acids is 2. The molecule has 0 spiro atoms. The lowest BCUT2D eigenvalue weighted by atomic mass is 10.1. The van der Waals surface area contributed by atoms with Crippen LogP contribution in [0, 0.1) is 5.92 Å². The molecule has 1 aliphatic carbocycles. The van der Waals surface area contributed by atoms with Crippen LogP contribution in [0.5, 0.6) is 0 Å². The van der Waals surface area contributed by atoms with Crippen LogP contribution in [-0.2, 0) is 4.79 Å². The van der Waals surface area contributed by atoms with Gasteiger partial charge in [0.15, 0.2) is 0 Å². The summed E-state index contributed by atoms with van der Waals surface area (Å²) in [5.41, 5.74) is 1.87. The Morgan fingerprint density at radius 2 is 1.63 bits per heavy atom. The Bertz CT molecular complexity index is 914. The van der Waals surface area contributed by atoms with E-state index in [0.717, 1.165) is 12.8 Å². The largest absolute Gasteiger partial charge is 0.387 e. The zero-order valence-corrected chi connectivity index (χ0v) is 18.4. The number of anilines is 2. The average Bonchev–Trinajstić information content (AvgIpc) is 3.54. The number of benzene rings is 2. The molecule has 3 rings (SSSR count). The molecule has 8 heteroatoms. The Morgan fingerprint density at radius 1 is 1.03 bits per heavy atom. The first kappa shape index (κ1) is 22.4. The van der Waals surface area contributed by atoms with E-state index in [1.54, 1.807) is 42.5 Å². The number of hydrogen-bond acceptors (Lipinski definition) is 3. The summed E-state index contributed by atoms with van der Waals surface area (Å²) in [6, 6.07) is 11.4. The van der Waals surface area contributed by atoms with Crippen molar-refractivity contribution < 1.29 is 14.7 Å². The summed E-state index contributed by atoms with van der Waals surface area (Å²) in [6.07, 6.45) is 0.978. The van der Waals surface area contributed by atoms with Crippen LogP contribution in [0.3, 0.4) is 0 Å². The highest BCUT2D eigenvalue weighted by Gasteiger charge is 2.29. The summed E-state index contributed by atoms with van der Waals surface area (Å²) >= 11 is 12.0. The summed E-state index contributed by atoms with van der Waals surface area (Å²) in [6.45, 7) is 3.84. The van der Waals surface area contributed by atoms with E-state index in [1.165, 1.54) is 4.90 Å². The molecule has 3 N–H and O–H groups in total. The van der Waals surface area contributed by atoms with Crippen molar-refractivity contribution in [2.75, 3.05) is 17.2 Å². The van der Waals surface area contributed by atoms with Gasteiger partial charge >= 0.3 is 6.03 Å². The van der Waals surface area contributed by atoms with Gasteiger partial charge in [0.2, 0.25) is 5.91 Å². The summed E-state index contributed by atoms with van der Waals surface area (Å²) in [5, 5.41) is 17.0. The van der Waals surface area contributed by atoms with Gasteiger partial charge in [-0.15, -0.1) is 0 Å². The van der Waals surface area contributed by atoms with E-state index in [4.69, 9.17) is 23.2 Å². The molecule has 30 heavy (non-hydrogen) atoms. The van der Waals surface area contributed by atoms with Crippen LogP contribution in [0.25, 0.3) is 0 Å². The first-order chi connectivity index (χ1) is 14.2. The normalized spacial score (nSPS) is 14.3. The third-order valence-corrected chi connectivity index (χ3v) is 5.67. The van der Waals surface area contributed by atoms with E-state index in [2.05, 4.69) is 10.6 Å². The molecular formula is C22H25Cl2N3O3. The Morgan fingerprint density at radius 3 is 2.17 bits per heavy atom. The number of rotatable bonds is 7. The number of carbonyl (C=O) groups is 2. The van der Waals surface area contributed by atoms with Gasteiger partial charge in [-0.3, -0.25) is 4.79 Å². The Balaban J connectivity index is 1.61. The maximum absolute atomic E-state index is 12.8. The monoisotopic (exact) mass is 449 g/mol. The number of urea groups is 1. The molecule has 0 aliphatic heterocycles. The third kappa shape index (κ3) is 5.88. The second-order valence-corrected chi connectivity index (χ2v) is 8.52. The molecular weight excluding hydrogens is 425 g/mol. The minimum absolute atomic E-state index is 0.0362. The highest BCUT2D eigenvalue weighted by Crippen LogP contribution is 2.30. The van der Waals surface area contributed by atoms with Crippen molar-refractivity contribution in [3.8, 4) is 0 Å². The van der Waals surface area contributed by atoms with Gasteiger partial charge in [-0.2, -0.15) is 0 Å². The van der Waals surface area contributed by atoms with Crippen LogP contribution in [0.4, 0.5) is 16.2 Å². The van der Waals surface area contributed by atoms with Crippen molar-refractivity contribution in [3.63, 3.8) is 0 Å². The summed E-state index contributed by atoms with van der Waals surface area (Å²) in [5.74, 6) is 0.167. The standard InChI is InChI=1S/C22H25Cl2N3O3/c1-13(2)27(12-20(28)15-5-10-18(23)19(24)11-15)22(30)26-17-8-6-16(7-9-17)25-21(29)14-3-4-14/h5-11,13-14,20,28H,3-4,12H2,1-2H3,(H,25,29)(H,26,30)/t20-/m1/s1. The second kappa shape index (κ2) is 9.69. The maximum Gasteiger partial charge on any atom is 0.322 e. The van der Waals surface area contributed by atoms with E-state index in [1.807, 2.05) is 13.8 Å². The van der Waals surface area contributed by atoms with E-state index in [-0.39, 0.29) is 30.4 Å². The Hall–Kier alpha value is -2.28. The van der Waals surface area contributed by atoms with Crippen molar-refractivity contribution in [1.82, 2.24) is 4.90 Å². The van der Waals surface area contributed by atoms with Crippen molar-refractivity contribution in [2.24, 2.45) is 5.92 Å². The molecule has 2 aromatic carbocycles. The SMILES string of the molecule is CC(C)N(C[C@@H](O)c1ccc(Cl)c(Cl)c1)C(=O)Nc1ccc(NC(=O)C2CC2)cc1. The second-order valence-electron chi connectivity index (χ2n) is 7.71. The quantitative estimate of drug-likeness (QED) is 0.534. The lowest BCUT2D eigenvalue weighted by Crippen LogP contribution is -2.42. The first-order valence-corrected chi connectivity index (χ1v) is 10.6. The Kier molecular flexibility index (Phi) is 7.23. The van der Waals surface area contributed by atoms with Gasteiger partial charge in [-0.25, -0.2) is 4.79 Å². The van der Waals surface area contributed by atoms with Gasteiger partial charge in [-0.05, 0) is 68.7 Å². The van der Waals surface area contributed by atoms with Crippen molar-refractivity contribution in [2.45, 2.75) is 38.8 Å². The van der Waals surface area contributed by atoms with Gasteiger partial charge in [0.05, 0.1) is 22.7 Å². The first-order valence-electron chi connectivity index (χ1n) is 9.86. The molecule has 160 valence electrons. The molecule has 1 aliphatic rings. The number of halogens is 2. The lowest BCUT2D eigenvalue weighted by Gasteiger charge is -2.29. The third-order valence-electron chi connectivity index (χ3n) is 4.93. The molecule has 6 nitrogen and oxygen atoms in total. The average molecular weight is 450 g/mol. The van der Waals surface area contributed by atoms with Crippen LogP contribution in [-0.4, -0.2) is 34.5 Å². The number of nitrogens with zero attached hydrogens (tertiary/aromatic N) is 1. The minimum atomic E-state index is -0.909. The predicted molar refractivity (Wildman–Crippen MR) is 120 cm³/mol. The molecule has 1 atom stereocenters. The van der Waals surface area contributed by atoms with Gasteiger partial charge < -0.3 is 20.6 Å². The molecule has 0 saturated heterocycles. The summed E-state index contributed by atoms with van der Waals surface area (Å²) in [4.78, 5) is 26.2. The topological polar surface area (TPSA) is 81.7 Å². The predicted octanol–water partition coefficient (Wildman–Crippen LogP) is 5.32. The molecule has 0 aromatic heterocycles. The van der Waals surface area contributed by atoms with Gasteiger partial charge in [0.25, 0.3) is 0 Å². The highest BCUT2D eigenvalue weighted by atomic mass is 35.5. The zero-order chi connectivity index (χ0) is 21.8. The van der Waals surface area contributed by atoms with Gasteiger partial charge in [-0.1, -0.05) is 29.3 Å². The summed E-state index contributed by atoms with van der Waals surface area (Å²) in [7, 11) is 0. The summed E-state index contributed by atoms with van der Waals surface area (Å²) < 4.78 is 0. The van der Waals surface area contributed by atoms with Crippen molar-refractivity contribution in [3.05, 3.63) is 58.1 Å². The fourth-order valence-corrected chi connectivity index (χ4v) is 3.27. The fourth-order valence-electron chi connectivity index (χ4n) is 2.96. The number of amides is 3. The molecule has 2 aromatic rings. The molecule has 1 saturated carbocycles. The van der Waals surface area contributed by atoms with Crippen LogP contribution in [0.15, 0.2) is 42.5 Å². The molecule has 0 heterocycles. The van der Waals surface area contributed by atoms with E-state index < -0.39 is 6.10 Å². The molecule has 0 radical (unpaired) electrons. The smallest absolute Gasteiger partial charge is 0.322 e. The van der Waals surface area contributed by atoms with Gasteiger partial charge in [0, 0.05) is 23.3 Å². The lowest BCUT2D eigenvalue weighted by molar-refractivity contribution is -0.117.